The summed E-state index contributed by atoms with van der Waals surface area (Å²) in [5, 5.41) is 7.30. The van der Waals surface area contributed by atoms with Crippen LogP contribution < -0.4 is 10.0 Å². The second-order valence-corrected chi connectivity index (χ2v) is 9.62. The van der Waals surface area contributed by atoms with Crippen LogP contribution in [-0.4, -0.2) is 41.7 Å². The fourth-order valence-electron chi connectivity index (χ4n) is 3.30. The summed E-state index contributed by atoms with van der Waals surface area (Å²) in [7, 11) is -3.30. The van der Waals surface area contributed by atoms with E-state index < -0.39 is 15.4 Å². The minimum absolute atomic E-state index is 0.0713. The van der Waals surface area contributed by atoms with E-state index in [0.717, 1.165) is 17.3 Å². The second-order valence-electron chi connectivity index (χ2n) is 7.79. The van der Waals surface area contributed by atoms with E-state index in [0.29, 0.717) is 17.8 Å². The standard InChI is InChI=1S/C20H24FN5O3S/c1-20(2,9-11-23-30(3,28)29)18-16-8-10-22-13-26(16)25-19(18)24-17(27)12-14-4-6-15(21)7-5-14/h4-8,10,13,23H,9,11-12H2,1-3H3,(H,24,25,27). The number of sulfonamides is 1. The Labute approximate surface area is 174 Å². The highest BCUT2D eigenvalue weighted by atomic mass is 32.2. The Morgan fingerprint density at radius 1 is 1.20 bits per heavy atom. The zero-order chi connectivity index (χ0) is 21.9. The van der Waals surface area contributed by atoms with Gasteiger partial charge in [0.2, 0.25) is 15.9 Å². The molecule has 0 aliphatic rings. The molecular formula is C20H24FN5O3S. The summed E-state index contributed by atoms with van der Waals surface area (Å²) < 4.78 is 40.0. The van der Waals surface area contributed by atoms with Crippen LogP contribution in [0.15, 0.2) is 42.9 Å². The molecule has 2 N–H and O–H groups in total. The van der Waals surface area contributed by atoms with Gasteiger partial charge in [0.05, 0.1) is 18.2 Å². The molecule has 10 heteroatoms. The Hall–Kier alpha value is -2.85. The highest BCUT2D eigenvalue weighted by Gasteiger charge is 2.30. The third kappa shape index (κ3) is 5.39. The minimum Gasteiger partial charge on any atom is -0.309 e. The Bertz CT molecular complexity index is 1160. The van der Waals surface area contributed by atoms with Crippen molar-refractivity contribution in [3.63, 3.8) is 0 Å². The van der Waals surface area contributed by atoms with Crippen molar-refractivity contribution >= 4 is 27.3 Å². The summed E-state index contributed by atoms with van der Waals surface area (Å²) >= 11 is 0. The molecule has 0 atom stereocenters. The van der Waals surface area contributed by atoms with Crippen LogP contribution in [-0.2, 0) is 26.7 Å². The Morgan fingerprint density at radius 2 is 1.90 bits per heavy atom. The average molecular weight is 434 g/mol. The number of carbonyl (C=O) groups excluding carboxylic acids is 1. The summed E-state index contributed by atoms with van der Waals surface area (Å²) in [6.45, 7) is 4.17. The SMILES string of the molecule is CC(C)(CCNS(C)(=O)=O)c1c(NC(=O)Cc2ccc(F)cc2)nn2cnccc12. The molecule has 3 aromatic rings. The van der Waals surface area contributed by atoms with Crippen molar-refractivity contribution < 1.29 is 17.6 Å². The monoisotopic (exact) mass is 433 g/mol. The van der Waals surface area contributed by atoms with Crippen LogP contribution in [0.1, 0.15) is 31.4 Å². The molecule has 1 aromatic carbocycles. The Balaban J connectivity index is 1.87. The molecule has 0 unspecified atom stereocenters. The Morgan fingerprint density at radius 3 is 2.57 bits per heavy atom. The lowest BCUT2D eigenvalue weighted by Crippen LogP contribution is -2.29. The lowest BCUT2D eigenvalue weighted by Gasteiger charge is -2.25. The molecule has 0 aliphatic heterocycles. The average Bonchev–Trinajstić information content (AvgIpc) is 3.00. The van der Waals surface area contributed by atoms with Crippen LogP contribution in [0.3, 0.4) is 0 Å². The zero-order valence-corrected chi connectivity index (χ0v) is 17.8. The number of anilines is 1. The number of hydrogen-bond acceptors (Lipinski definition) is 5. The number of nitrogens with one attached hydrogen (secondary N) is 2. The number of nitrogens with zero attached hydrogens (tertiary/aromatic N) is 3. The highest BCUT2D eigenvalue weighted by molar-refractivity contribution is 7.88. The number of amides is 1. The molecule has 0 saturated carbocycles. The van der Waals surface area contributed by atoms with Crippen molar-refractivity contribution in [2.75, 3.05) is 18.1 Å². The molecule has 0 spiro atoms. The van der Waals surface area contributed by atoms with Gasteiger partial charge in [-0.1, -0.05) is 26.0 Å². The summed E-state index contributed by atoms with van der Waals surface area (Å²) in [4.78, 5) is 16.7. The van der Waals surface area contributed by atoms with Crippen molar-refractivity contribution in [2.45, 2.75) is 32.1 Å². The summed E-state index contributed by atoms with van der Waals surface area (Å²) in [5.74, 6) is -0.262. The molecular weight excluding hydrogens is 409 g/mol. The van der Waals surface area contributed by atoms with E-state index in [1.807, 2.05) is 13.8 Å². The fourth-order valence-corrected chi connectivity index (χ4v) is 3.78. The normalized spacial score (nSPS) is 12.3. The maximum atomic E-state index is 13.1. The third-order valence-electron chi connectivity index (χ3n) is 4.77. The van der Waals surface area contributed by atoms with Crippen LogP contribution in [0.2, 0.25) is 0 Å². The molecule has 0 saturated heterocycles. The Kier molecular flexibility index (Phi) is 6.18. The fraction of sp³-hybridized carbons (Fsp3) is 0.350. The van der Waals surface area contributed by atoms with Gasteiger partial charge in [0.1, 0.15) is 12.1 Å². The molecule has 0 fully saturated rings. The van der Waals surface area contributed by atoms with Crippen LogP contribution in [0.4, 0.5) is 10.2 Å². The van der Waals surface area contributed by atoms with E-state index in [4.69, 9.17) is 0 Å². The first-order valence-electron chi connectivity index (χ1n) is 9.37. The van der Waals surface area contributed by atoms with Gasteiger partial charge in [0, 0.05) is 18.3 Å². The van der Waals surface area contributed by atoms with Gasteiger partial charge < -0.3 is 5.32 Å². The van der Waals surface area contributed by atoms with Crippen molar-refractivity contribution in [1.82, 2.24) is 19.3 Å². The quantitative estimate of drug-likeness (QED) is 0.567. The lowest BCUT2D eigenvalue weighted by molar-refractivity contribution is -0.115. The first-order chi connectivity index (χ1) is 14.0. The van der Waals surface area contributed by atoms with Gasteiger partial charge in [-0.15, -0.1) is 5.10 Å². The van der Waals surface area contributed by atoms with E-state index in [1.165, 1.54) is 12.1 Å². The molecule has 30 heavy (non-hydrogen) atoms. The zero-order valence-electron chi connectivity index (χ0n) is 17.0. The molecule has 0 aliphatic carbocycles. The predicted octanol–water partition coefficient (Wildman–Crippen LogP) is 2.27. The lowest BCUT2D eigenvalue weighted by atomic mass is 9.81. The van der Waals surface area contributed by atoms with Crippen LogP contribution in [0.5, 0.6) is 0 Å². The number of carbonyl (C=O) groups is 1. The summed E-state index contributed by atoms with van der Waals surface area (Å²) in [6, 6.07) is 7.53. The second kappa shape index (κ2) is 8.49. The molecule has 1 amide bonds. The number of rotatable bonds is 8. The maximum Gasteiger partial charge on any atom is 0.230 e. The van der Waals surface area contributed by atoms with Crippen molar-refractivity contribution in [3.05, 3.63) is 59.8 Å². The van der Waals surface area contributed by atoms with E-state index in [-0.39, 0.29) is 24.7 Å². The smallest absolute Gasteiger partial charge is 0.230 e. The summed E-state index contributed by atoms with van der Waals surface area (Å²) in [5.41, 5.74) is 1.73. The number of aromatic nitrogens is 3. The van der Waals surface area contributed by atoms with Gasteiger partial charge in [-0.2, -0.15) is 0 Å². The largest absolute Gasteiger partial charge is 0.309 e. The number of halogens is 1. The number of fused-ring (bicyclic) bond motifs is 1. The van der Waals surface area contributed by atoms with E-state index in [9.17, 15) is 17.6 Å². The third-order valence-corrected chi connectivity index (χ3v) is 5.50. The van der Waals surface area contributed by atoms with Gasteiger partial charge in [0.25, 0.3) is 0 Å². The first-order valence-corrected chi connectivity index (χ1v) is 11.3. The van der Waals surface area contributed by atoms with Crippen molar-refractivity contribution in [2.24, 2.45) is 0 Å². The van der Waals surface area contributed by atoms with Crippen molar-refractivity contribution in [1.29, 1.82) is 0 Å². The minimum atomic E-state index is -3.30. The van der Waals surface area contributed by atoms with Crippen molar-refractivity contribution in [3.8, 4) is 0 Å². The van der Waals surface area contributed by atoms with Crippen LogP contribution >= 0.6 is 0 Å². The predicted molar refractivity (Wildman–Crippen MR) is 112 cm³/mol. The highest BCUT2D eigenvalue weighted by Crippen LogP contribution is 2.35. The molecule has 0 radical (unpaired) electrons. The topological polar surface area (TPSA) is 105 Å². The van der Waals surface area contributed by atoms with Gasteiger partial charge in [-0.25, -0.2) is 27.0 Å². The maximum absolute atomic E-state index is 13.1. The molecule has 3 rings (SSSR count). The molecule has 0 bridgehead atoms. The molecule has 2 aromatic heterocycles. The van der Waals surface area contributed by atoms with E-state index >= 15 is 0 Å². The first kappa shape index (κ1) is 21.8. The summed E-state index contributed by atoms with van der Waals surface area (Å²) in [6.07, 6.45) is 4.85. The van der Waals surface area contributed by atoms with Gasteiger partial charge in [-0.3, -0.25) is 4.79 Å². The molecule has 8 nitrogen and oxygen atoms in total. The van der Waals surface area contributed by atoms with Gasteiger partial charge >= 0.3 is 0 Å². The van der Waals surface area contributed by atoms with E-state index in [1.54, 1.807) is 35.2 Å². The van der Waals surface area contributed by atoms with Gasteiger partial charge in [0.15, 0.2) is 5.82 Å². The van der Waals surface area contributed by atoms with Gasteiger partial charge in [-0.05, 0) is 35.6 Å². The number of hydrogen-bond donors (Lipinski definition) is 2. The molecule has 160 valence electrons. The van der Waals surface area contributed by atoms with Crippen LogP contribution in [0, 0.1) is 5.82 Å². The van der Waals surface area contributed by atoms with Crippen LogP contribution in [0.25, 0.3) is 5.52 Å². The van der Waals surface area contributed by atoms with E-state index in [2.05, 4.69) is 20.1 Å². The number of benzene rings is 1. The molecule has 2 heterocycles.